The van der Waals surface area contributed by atoms with Crippen LogP contribution in [0.3, 0.4) is 0 Å². The monoisotopic (exact) mass is 389 g/mol. The Morgan fingerprint density at radius 2 is 1.63 bits per heavy atom. The predicted molar refractivity (Wildman–Crippen MR) is 115 cm³/mol. The summed E-state index contributed by atoms with van der Waals surface area (Å²) in [6.45, 7) is 0. The lowest BCUT2D eigenvalue weighted by Gasteiger charge is -2.31. The third kappa shape index (κ3) is 3.07. The molecule has 0 aromatic heterocycles. The maximum absolute atomic E-state index is 5.36. The molecule has 0 N–H and O–H groups in total. The van der Waals surface area contributed by atoms with Gasteiger partial charge in [-0.1, -0.05) is 42.5 Å². The van der Waals surface area contributed by atoms with Crippen LogP contribution in [0.25, 0.3) is 0 Å². The Labute approximate surface area is 168 Å². The Morgan fingerprint density at radius 3 is 2.44 bits per heavy atom. The summed E-state index contributed by atoms with van der Waals surface area (Å²) in [7, 11) is 1.71. The molecule has 27 heavy (non-hydrogen) atoms. The molecular formula is C23H19NOS2. The van der Waals surface area contributed by atoms with Crippen molar-refractivity contribution in [3.63, 3.8) is 0 Å². The molecule has 3 aromatic rings. The van der Waals surface area contributed by atoms with Crippen LogP contribution in [0.15, 0.2) is 87.6 Å². The van der Waals surface area contributed by atoms with Gasteiger partial charge in [0.1, 0.15) is 5.75 Å². The minimum absolute atomic E-state index is 0.333. The second kappa shape index (κ2) is 7.10. The van der Waals surface area contributed by atoms with E-state index in [0.717, 1.165) is 17.2 Å². The largest absolute Gasteiger partial charge is 0.497 e. The molecule has 4 heteroatoms. The number of thioether (sulfide) groups is 2. The molecule has 2 heterocycles. The molecule has 2 atom stereocenters. The molecule has 2 aliphatic heterocycles. The molecule has 0 fully saturated rings. The summed E-state index contributed by atoms with van der Waals surface area (Å²) in [5.41, 5.74) is 4.92. The highest BCUT2D eigenvalue weighted by Crippen LogP contribution is 2.51. The van der Waals surface area contributed by atoms with Crippen molar-refractivity contribution in [2.24, 2.45) is 10.9 Å². The molecule has 0 spiro atoms. The fourth-order valence-electron chi connectivity index (χ4n) is 3.73. The molecule has 0 radical (unpaired) electrons. The van der Waals surface area contributed by atoms with Crippen molar-refractivity contribution < 1.29 is 4.74 Å². The quantitative estimate of drug-likeness (QED) is 0.507. The first-order valence-corrected chi connectivity index (χ1v) is 10.9. The van der Waals surface area contributed by atoms with Gasteiger partial charge in [0.15, 0.2) is 0 Å². The number of ether oxygens (including phenoxy) is 1. The van der Waals surface area contributed by atoms with Crippen LogP contribution in [-0.4, -0.2) is 18.6 Å². The van der Waals surface area contributed by atoms with Crippen molar-refractivity contribution in [2.75, 3.05) is 12.9 Å². The number of rotatable bonds is 2. The third-order valence-electron chi connectivity index (χ3n) is 5.10. The van der Waals surface area contributed by atoms with Gasteiger partial charge in [0.05, 0.1) is 18.5 Å². The molecule has 0 saturated carbocycles. The first-order valence-electron chi connectivity index (χ1n) is 9.04. The predicted octanol–water partition coefficient (Wildman–Crippen LogP) is 6.38. The number of hydrogen-bond donors (Lipinski definition) is 0. The van der Waals surface area contributed by atoms with E-state index in [1.165, 1.54) is 26.6 Å². The Balaban J connectivity index is 1.66. The summed E-state index contributed by atoms with van der Waals surface area (Å²) in [6, 6.07) is 25.7. The average molecular weight is 390 g/mol. The first-order chi connectivity index (χ1) is 13.3. The fraction of sp³-hybridized carbons (Fsp3) is 0.174. The second-order valence-electron chi connectivity index (χ2n) is 6.69. The van der Waals surface area contributed by atoms with Crippen LogP contribution in [0.1, 0.15) is 16.4 Å². The van der Waals surface area contributed by atoms with Gasteiger partial charge in [0.25, 0.3) is 0 Å². The average Bonchev–Trinajstić information content (AvgIpc) is 2.91. The Morgan fingerprint density at radius 1 is 0.889 bits per heavy atom. The standard InChI is InChI=1S/C23H19NOS2/c1-25-16-12-10-15(11-13-16)23-18-14-26-20-8-4-2-6-17(20)22(18)24-19-7-3-5-9-21(19)27-23/h2-13,18,23H,14H2,1H3/t18-,23-/m0/s1. The zero-order chi connectivity index (χ0) is 18.2. The van der Waals surface area contributed by atoms with Crippen LogP contribution >= 0.6 is 23.5 Å². The molecule has 2 aliphatic rings. The highest BCUT2D eigenvalue weighted by Gasteiger charge is 2.36. The topological polar surface area (TPSA) is 21.6 Å². The van der Waals surface area contributed by atoms with Crippen molar-refractivity contribution in [2.45, 2.75) is 15.0 Å². The summed E-state index contributed by atoms with van der Waals surface area (Å²) < 4.78 is 5.36. The molecule has 3 aromatic carbocycles. The smallest absolute Gasteiger partial charge is 0.118 e. The lowest BCUT2D eigenvalue weighted by Crippen LogP contribution is -2.27. The van der Waals surface area contributed by atoms with Gasteiger partial charge < -0.3 is 4.74 Å². The zero-order valence-corrected chi connectivity index (χ0v) is 16.6. The second-order valence-corrected chi connectivity index (χ2v) is 8.94. The van der Waals surface area contributed by atoms with E-state index in [0.29, 0.717) is 11.2 Å². The van der Waals surface area contributed by atoms with Crippen LogP contribution in [0, 0.1) is 5.92 Å². The summed E-state index contributed by atoms with van der Waals surface area (Å²) in [5, 5.41) is 0.333. The molecular weight excluding hydrogens is 370 g/mol. The van der Waals surface area contributed by atoms with Crippen molar-refractivity contribution in [3.05, 3.63) is 83.9 Å². The van der Waals surface area contributed by atoms with Gasteiger partial charge in [-0.15, -0.1) is 23.5 Å². The summed E-state index contributed by atoms with van der Waals surface area (Å²) in [6.07, 6.45) is 0. The van der Waals surface area contributed by atoms with Crippen molar-refractivity contribution in [1.82, 2.24) is 0 Å². The molecule has 0 bridgehead atoms. The van der Waals surface area contributed by atoms with E-state index in [4.69, 9.17) is 9.73 Å². The molecule has 134 valence electrons. The minimum Gasteiger partial charge on any atom is -0.497 e. The van der Waals surface area contributed by atoms with E-state index >= 15 is 0 Å². The van der Waals surface area contributed by atoms with Crippen LogP contribution in [0.5, 0.6) is 5.75 Å². The summed E-state index contributed by atoms with van der Waals surface area (Å²) >= 11 is 3.89. The van der Waals surface area contributed by atoms with Crippen molar-refractivity contribution >= 4 is 34.9 Å². The molecule has 0 saturated heterocycles. The number of para-hydroxylation sites is 1. The van der Waals surface area contributed by atoms with E-state index in [1.54, 1.807) is 7.11 Å². The van der Waals surface area contributed by atoms with Crippen LogP contribution < -0.4 is 4.74 Å². The maximum atomic E-state index is 5.36. The van der Waals surface area contributed by atoms with Gasteiger partial charge in [-0.2, -0.15) is 0 Å². The van der Waals surface area contributed by atoms with Gasteiger partial charge in [-0.05, 0) is 35.9 Å². The number of hydrogen-bond acceptors (Lipinski definition) is 4. The van der Waals surface area contributed by atoms with Gasteiger partial charge in [-0.25, -0.2) is 0 Å². The summed E-state index contributed by atoms with van der Waals surface area (Å²) in [4.78, 5) is 7.76. The Hall–Kier alpha value is -2.17. The van der Waals surface area contributed by atoms with Gasteiger partial charge in [-0.3, -0.25) is 4.99 Å². The normalized spacial score (nSPS) is 20.6. The van der Waals surface area contributed by atoms with Crippen LogP contribution in [-0.2, 0) is 0 Å². The van der Waals surface area contributed by atoms with E-state index < -0.39 is 0 Å². The Bertz CT molecular complexity index is 1010. The molecule has 5 rings (SSSR count). The van der Waals surface area contributed by atoms with E-state index in [-0.39, 0.29) is 0 Å². The minimum atomic E-state index is 0.333. The highest BCUT2D eigenvalue weighted by molar-refractivity contribution is 8.00. The Kier molecular flexibility index (Phi) is 4.46. The van der Waals surface area contributed by atoms with Crippen molar-refractivity contribution in [1.29, 1.82) is 0 Å². The summed E-state index contributed by atoms with van der Waals surface area (Å²) in [5.74, 6) is 2.32. The van der Waals surface area contributed by atoms with Crippen molar-refractivity contribution in [3.8, 4) is 5.75 Å². The van der Waals surface area contributed by atoms with E-state index in [1.807, 2.05) is 23.5 Å². The lowest BCUT2D eigenvalue weighted by molar-refractivity contribution is 0.414. The SMILES string of the molecule is COc1ccc([C@@H]2Sc3ccccc3N=C3c4ccccc4SC[C@@H]32)cc1. The molecule has 0 aliphatic carbocycles. The third-order valence-corrected chi connectivity index (χ3v) is 7.75. The zero-order valence-electron chi connectivity index (χ0n) is 15.0. The van der Waals surface area contributed by atoms with Crippen LogP contribution in [0.2, 0.25) is 0 Å². The molecule has 0 unspecified atom stereocenters. The molecule has 2 nitrogen and oxygen atoms in total. The highest BCUT2D eigenvalue weighted by atomic mass is 32.2. The van der Waals surface area contributed by atoms with E-state index in [2.05, 4.69) is 72.8 Å². The maximum Gasteiger partial charge on any atom is 0.118 e. The number of aliphatic imine (C=N–C) groups is 1. The first kappa shape index (κ1) is 17.0. The fourth-order valence-corrected chi connectivity index (χ4v) is 6.41. The number of methoxy groups -OCH3 is 1. The van der Waals surface area contributed by atoms with Gasteiger partial charge in [0.2, 0.25) is 0 Å². The number of fused-ring (bicyclic) bond motifs is 4. The van der Waals surface area contributed by atoms with Crippen LogP contribution in [0.4, 0.5) is 5.69 Å². The number of nitrogens with zero attached hydrogens (tertiary/aromatic N) is 1. The molecule has 0 amide bonds. The lowest BCUT2D eigenvalue weighted by atomic mass is 9.90. The van der Waals surface area contributed by atoms with Gasteiger partial charge in [0, 0.05) is 32.3 Å². The number of benzene rings is 3. The van der Waals surface area contributed by atoms with E-state index in [9.17, 15) is 0 Å². The van der Waals surface area contributed by atoms with Gasteiger partial charge >= 0.3 is 0 Å².